The third-order valence-corrected chi connectivity index (χ3v) is 3.80. The van der Waals surface area contributed by atoms with E-state index in [0.29, 0.717) is 32.4 Å². The Balaban J connectivity index is 2.03. The summed E-state index contributed by atoms with van der Waals surface area (Å²) >= 11 is 0. The van der Waals surface area contributed by atoms with Crippen molar-refractivity contribution in [3.63, 3.8) is 0 Å². The van der Waals surface area contributed by atoms with Crippen LogP contribution in [0.15, 0.2) is 0 Å². The van der Waals surface area contributed by atoms with Crippen molar-refractivity contribution in [2.75, 3.05) is 13.1 Å². The first kappa shape index (κ1) is 13.1. The lowest BCUT2D eigenvalue weighted by atomic mass is 10.1. The first-order valence-electron chi connectivity index (χ1n) is 6.44. The fourth-order valence-electron chi connectivity index (χ4n) is 2.45. The molecule has 0 saturated carbocycles. The van der Waals surface area contributed by atoms with E-state index in [2.05, 4.69) is 5.10 Å². The van der Waals surface area contributed by atoms with Gasteiger partial charge in [0.15, 0.2) is 0 Å². The maximum absolute atomic E-state index is 12.2. The first-order valence-corrected chi connectivity index (χ1v) is 6.44. The van der Waals surface area contributed by atoms with Crippen LogP contribution in [0.25, 0.3) is 0 Å². The molecule has 1 aliphatic heterocycles. The van der Waals surface area contributed by atoms with Crippen LogP contribution in [0.1, 0.15) is 29.8 Å². The van der Waals surface area contributed by atoms with Crippen LogP contribution in [0.4, 0.5) is 0 Å². The molecule has 0 unspecified atom stereocenters. The van der Waals surface area contributed by atoms with Gasteiger partial charge in [0, 0.05) is 31.4 Å². The fraction of sp³-hybridized carbons (Fsp3) is 0.692. The lowest BCUT2D eigenvalue weighted by Gasteiger charge is -2.29. The molecule has 5 nitrogen and oxygen atoms in total. The predicted octanol–water partition coefficient (Wildman–Crippen LogP) is 0.563. The molecule has 2 heterocycles. The minimum Gasteiger partial charge on any atom is -0.393 e. The van der Waals surface area contributed by atoms with E-state index < -0.39 is 0 Å². The molecule has 5 heteroatoms. The third kappa shape index (κ3) is 2.56. The summed E-state index contributed by atoms with van der Waals surface area (Å²) in [6, 6.07) is 0. The summed E-state index contributed by atoms with van der Waals surface area (Å²) in [4.78, 5) is 14.0. The average molecular weight is 251 g/mol. The number of aliphatic hydroxyl groups is 1. The number of hydrogen-bond acceptors (Lipinski definition) is 3. The molecule has 100 valence electrons. The predicted molar refractivity (Wildman–Crippen MR) is 68.2 cm³/mol. The van der Waals surface area contributed by atoms with Crippen LogP contribution in [0, 0.1) is 13.8 Å². The highest BCUT2D eigenvalue weighted by Crippen LogP contribution is 2.16. The second-order valence-corrected chi connectivity index (χ2v) is 5.06. The minimum atomic E-state index is -0.240. The van der Waals surface area contributed by atoms with Crippen LogP contribution in [0.2, 0.25) is 0 Å². The Hall–Kier alpha value is -1.36. The SMILES string of the molecule is Cc1nn(C)c(C)c1CC(=O)N1CCC(O)CC1. The van der Waals surface area contributed by atoms with Crippen molar-refractivity contribution in [3.8, 4) is 0 Å². The monoisotopic (exact) mass is 251 g/mol. The van der Waals surface area contributed by atoms with Gasteiger partial charge in [0.05, 0.1) is 18.2 Å². The number of hydrogen-bond donors (Lipinski definition) is 1. The van der Waals surface area contributed by atoms with E-state index in [0.717, 1.165) is 17.0 Å². The number of aromatic nitrogens is 2. The summed E-state index contributed by atoms with van der Waals surface area (Å²) in [6.07, 6.45) is 1.56. The summed E-state index contributed by atoms with van der Waals surface area (Å²) < 4.78 is 1.82. The number of aryl methyl sites for hydroxylation is 2. The number of amides is 1. The summed E-state index contributed by atoms with van der Waals surface area (Å²) in [5.74, 6) is 0.140. The van der Waals surface area contributed by atoms with E-state index in [9.17, 15) is 9.90 Å². The molecule has 0 aromatic carbocycles. The molecule has 1 aromatic rings. The number of likely N-dealkylation sites (tertiary alicyclic amines) is 1. The van der Waals surface area contributed by atoms with Gasteiger partial charge in [-0.2, -0.15) is 5.10 Å². The molecule has 0 bridgehead atoms. The Labute approximate surface area is 107 Å². The highest BCUT2D eigenvalue weighted by Gasteiger charge is 2.23. The molecule has 1 aliphatic rings. The minimum absolute atomic E-state index is 0.140. The Morgan fingerprint density at radius 3 is 2.50 bits per heavy atom. The highest BCUT2D eigenvalue weighted by atomic mass is 16.3. The standard InChI is InChI=1S/C13H21N3O2/c1-9-12(10(2)15(3)14-9)8-13(18)16-6-4-11(17)5-7-16/h11,17H,4-8H2,1-3H3. The molecule has 0 spiro atoms. The van der Waals surface area contributed by atoms with Gasteiger partial charge < -0.3 is 10.0 Å². The van der Waals surface area contributed by atoms with E-state index in [1.54, 1.807) is 0 Å². The van der Waals surface area contributed by atoms with Crippen LogP contribution < -0.4 is 0 Å². The van der Waals surface area contributed by atoms with Crippen molar-refractivity contribution in [1.29, 1.82) is 0 Å². The van der Waals surface area contributed by atoms with Gasteiger partial charge in [-0.1, -0.05) is 0 Å². The molecule has 1 aromatic heterocycles. The molecule has 1 amide bonds. The van der Waals surface area contributed by atoms with Crippen molar-refractivity contribution in [1.82, 2.24) is 14.7 Å². The van der Waals surface area contributed by atoms with Crippen molar-refractivity contribution in [2.24, 2.45) is 7.05 Å². The van der Waals surface area contributed by atoms with Gasteiger partial charge in [-0.05, 0) is 26.7 Å². The van der Waals surface area contributed by atoms with E-state index >= 15 is 0 Å². The topological polar surface area (TPSA) is 58.4 Å². The number of piperidine rings is 1. The first-order chi connectivity index (χ1) is 8.49. The zero-order valence-electron chi connectivity index (χ0n) is 11.3. The zero-order valence-corrected chi connectivity index (χ0v) is 11.3. The molecule has 1 saturated heterocycles. The number of carbonyl (C=O) groups excluding carboxylic acids is 1. The molecule has 18 heavy (non-hydrogen) atoms. The molecule has 1 fully saturated rings. The van der Waals surface area contributed by atoms with Gasteiger partial charge in [-0.15, -0.1) is 0 Å². The second kappa shape index (κ2) is 5.10. The van der Waals surface area contributed by atoms with Crippen molar-refractivity contribution in [3.05, 3.63) is 17.0 Å². The highest BCUT2D eigenvalue weighted by molar-refractivity contribution is 5.79. The van der Waals surface area contributed by atoms with Gasteiger partial charge >= 0.3 is 0 Å². The van der Waals surface area contributed by atoms with Gasteiger partial charge in [-0.3, -0.25) is 9.48 Å². The molecular weight excluding hydrogens is 230 g/mol. The van der Waals surface area contributed by atoms with E-state index in [-0.39, 0.29) is 12.0 Å². The van der Waals surface area contributed by atoms with E-state index in [4.69, 9.17) is 0 Å². The van der Waals surface area contributed by atoms with Crippen molar-refractivity contribution < 1.29 is 9.90 Å². The summed E-state index contributed by atoms with van der Waals surface area (Å²) in [7, 11) is 1.90. The Bertz CT molecular complexity index is 445. The van der Waals surface area contributed by atoms with Crippen LogP contribution in [0.3, 0.4) is 0 Å². The quantitative estimate of drug-likeness (QED) is 0.835. The maximum Gasteiger partial charge on any atom is 0.227 e. The normalized spacial score (nSPS) is 17.2. The summed E-state index contributed by atoms with van der Waals surface area (Å²) in [5.41, 5.74) is 3.02. The molecular formula is C13H21N3O2. The van der Waals surface area contributed by atoms with Crippen molar-refractivity contribution in [2.45, 2.75) is 39.2 Å². The molecule has 0 aliphatic carbocycles. The fourth-order valence-corrected chi connectivity index (χ4v) is 2.45. The molecule has 2 rings (SSSR count). The number of rotatable bonds is 2. The Morgan fingerprint density at radius 2 is 2.00 bits per heavy atom. The molecule has 1 N–H and O–H groups in total. The molecule has 0 radical (unpaired) electrons. The second-order valence-electron chi connectivity index (χ2n) is 5.06. The van der Waals surface area contributed by atoms with Crippen LogP contribution >= 0.6 is 0 Å². The third-order valence-electron chi connectivity index (χ3n) is 3.80. The van der Waals surface area contributed by atoms with Gasteiger partial charge in [0.25, 0.3) is 0 Å². The Kier molecular flexibility index (Phi) is 3.71. The lowest BCUT2D eigenvalue weighted by molar-refractivity contribution is -0.132. The van der Waals surface area contributed by atoms with Crippen molar-refractivity contribution >= 4 is 5.91 Å². The number of carbonyl (C=O) groups is 1. The van der Waals surface area contributed by atoms with Gasteiger partial charge in [-0.25, -0.2) is 0 Å². The van der Waals surface area contributed by atoms with E-state index in [1.165, 1.54) is 0 Å². The smallest absolute Gasteiger partial charge is 0.227 e. The van der Waals surface area contributed by atoms with Gasteiger partial charge in [0.1, 0.15) is 0 Å². The van der Waals surface area contributed by atoms with Crippen LogP contribution in [-0.2, 0) is 18.3 Å². The number of aliphatic hydroxyl groups excluding tert-OH is 1. The van der Waals surface area contributed by atoms with E-state index in [1.807, 2.05) is 30.5 Å². The average Bonchev–Trinajstić information content (AvgIpc) is 2.57. The summed E-state index contributed by atoms with van der Waals surface area (Å²) in [5, 5.41) is 13.8. The Morgan fingerprint density at radius 1 is 1.39 bits per heavy atom. The zero-order chi connectivity index (χ0) is 13.3. The van der Waals surface area contributed by atoms with Crippen LogP contribution in [-0.4, -0.2) is 44.9 Å². The van der Waals surface area contributed by atoms with Crippen LogP contribution in [0.5, 0.6) is 0 Å². The lowest BCUT2D eigenvalue weighted by Crippen LogP contribution is -2.40. The largest absolute Gasteiger partial charge is 0.393 e. The maximum atomic E-state index is 12.2. The number of nitrogens with zero attached hydrogens (tertiary/aromatic N) is 3. The molecule has 0 atom stereocenters. The van der Waals surface area contributed by atoms with Gasteiger partial charge in [0.2, 0.25) is 5.91 Å². The summed E-state index contributed by atoms with van der Waals surface area (Å²) in [6.45, 7) is 5.26.